The Morgan fingerprint density at radius 1 is 1.00 bits per heavy atom. The molecule has 1 amide bonds. The topological polar surface area (TPSA) is 94.5 Å². The number of nitrogens with zero attached hydrogens (tertiary/aromatic N) is 5. The van der Waals surface area contributed by atoms with Crippen molar-refractivity contribution in [3.8, 4) is 5.69 Å². The van der Waals surface area contributed by atoms with E-state index >= 15 is 0 Å². The van der Waals surface area contributed by atoms with Crippen LogP contribution in [0.5, 0.6) is 0 Å². The van der Waals surface area contributed by atoms with Crippen molar-refractivity contribution in [2.24, 2.45) is 0 Å². The van der Waals surface area contributed by atoms with Crippen molar-refractivity contribution in [1.29, 1.82) is 0 Å². The van der Waals surface area contributed by atoms with Crippen LogP contribution >= 0.6 is 11.6 Å². The van der Waals surface area contributed by atoms with E-state index in [0.717, 1.165) is 25.9 Å². The number of hydrogen-bond donors (Lipinski definition) is 1. The van der Waals surface area contributed by atoms with Gasteiger partial charge in [0.25, 0.3) is 11.5 Å². The number of halogens is 1. The molecule has 0 unspecified atom stereocenters. The van der Waals surface area contributed by atoms with Crippen molar-refractivity contribution in [2.45, 2.75) is 12.8 Å². The number of nitrogens with one attached hydrogen (secondary N) is 1. The monoisotopic (exact) mass is 494 g/mol. The highest BCUT2D eigenvalue weighted by Gasteiger charge is 2.25. The number of likely N-dealkylation sites (tertiary alicyclic amines) is 1. The van der Waals surface area contributed by atoms with Gasteiger partial charge in [0.05, 0.1) is 24.1 Å². The van der Waals surface area contributed by atoms with Crippen LogP contribution in [-0.2, 0) is 0 Å². The molecule has 2 aliphatic rings. The number of Topliss-reactive ketones (excluding diaryl/α,β-unsaturated/α-hetero) is 1. The zero-order valence-corrected chi connectivity index (χ0v) is 20.1. The van der Waals surface area contributed by atoms with Crippen LogP contribution in [0, 0.1) is 0 Å². The Hall–Kier alpha value is -3.43. The highest BCUT2D eigenvalue weighted by Crippen LogP contribution is 2.23. The maximum atomic E-state index is 12.8. The van der Waals surface area contributed by atoms with Crippen molar-refractivity contribution in [1.82, 2.24) is 24.6 Å². The summed E-state index contributed by atoms with van der Waals surface area (Å²) in [7, 11) is 0. The van der Waals surface area contributed by atoms with Gasteiger partial charge in [0.2, 0.25) is 0 Å². The number of hydrogen-bond acceptors (Lipinski definition) is 6. The Balaban J connectivity index is 1.19. The zero-order valence-electron chi connectivity index (χ0n) is 19.3. The normalized spacial score (nSPS) is 16.6. The Bertz CT molecular complexity index is 1270. The number of anilines is 1. The number of carbonyl (C=O) groups excluding carboxylic acids is 2. The quantitative estimate of drug-likeness (QED) is 0.529. The second-order valence-corrected chi connectivity index (χ2v) is 9.26. The maximum Gasteiger partial charge on any atom is 0.292 e. The summed E-state index contributed by atoms with van der Waals surface area (Å²) in [5.74, 6) is -0.0739. The molecule has 5 rings (SSSR count). The van der Waals surface area contributed by atoms with Gasteiger partial charge in [0, 0.05) is 51.0 Å². The summed E-state index contributed by atoms with van der Waals surface area (Å²) < 4.78 is 1.29. The van der Waals surface area contributed by atoms with E-state index in [1.807, 2.05) is 28.0 Å². The van der Waals surface area contributed by atoms with E-state index in [1.54, 1.807) is 30.6 Å². The van der Waals surface area contributed by atoms with E-state index in [-0.39, 0.29) is 28.8 Å². The molecule has 1 N–H and O–H groups in total. The van der Waals surface area contributed by atoms with Gasteiger partial charge in [-0.05, 0) is 31.0 Å². The molecule has 10 heteroatoms. The molecule has 9 nitrogen and oxygen atoms in total. The lowest BCUT2D eigenvalue weighted by molar-refractivity contribution is 0.0787. The third-order valence-electron chi connectivity index (χ3n) is 6.61. The van der Waals surface area contributed by atoms with Gasteiger partial charge in [-0.25, -0.2) is 0 Å². The molecule has 0 aliphatic carbocycles. The van der Waals surface area contributed by atoms with Gasteiger partial charge in [-0.1, -0.05) is 29.8 Å². The van der Waals surface area contributed by atoms with E-state index in [4.69, 9.17) is 11.6 Å². The first-order chi connectivity index (χ1) is 17.0. The zero-order chi connectivity index (χ0) is 24.4. The number of aromatic amines is 1. The number of rotatable bonds is 6. The number of aromatic nitrogens is 3. The molecule has 1 aromatic carbocycles. The van der Waals surface area contributed by atoms with Crippen molar-refractivity contribution < 1.29 is 9.59 Å². The standard InChI is InChI=1S/C25H27ClN6O3/c26-23-21(16-28-32(25(23)35)19-6-2-1-3-7-19)30-12-10-29(11-13-30)17-22(33)18-14-20(27-15-18)24(34)31-8-4-5-9-31/h1-3,6-7,14-16,27H,4-5,8-13,17H2. The molecule has 2 fully saturated rings. The summed E-state index contributed by atoms with van der Waals surface area (Å²) in [4.78, 5) is 47.0. The number of H-pyrrole nitrogens is 1. The first kappa shape index (κ1) is 23.3. The third kappa shape index (κ3) is 4.87. The summed E-state index contributed by atoms with van der Waals surface area (Å²) in [6, 6.07) is 10.8. The Kier molecular flexibility index (Phi) is 6.70. The van der Waals surface area contributed by atoms with Crippen molar-refractivity contribution in [3.05, 3.63) is 75.4 Å². The molecule has 0 atom stereocenters. The van der Waals surface area contributed by atoms with Gasteiger partial charge in [-0.2, -0.15) is 9.78 Å². The molecule has 182 valence electrons. The van der Waals surface area contributed by atoms with E-state index in [9.17, 15) is 14.4 Å². The second kappa shape index (κ2) is 10.1. The van der Waals surface area contributed by atoms with Crippen molar-refractivity contribution >= 4 is 29.0 Å². The highest BCUT2D eigenvalue weighted by molar-refractivity contribution is 6.33. The van der Waals surface area contributed by atoms with E-state index in [0.29, 0.717) is 48.8 Å². The molecule has 0 radical (unpaired) electrons. The fourth-order valence-electron chi connectivity index (χ4n) is 4.61. The van der Waals surface area contributed by atoms with Gasteiger partial charge < -0.3 is 14.8 Å². The van der Waals surface area contributed by atoms with Gasteiger partial charge in [-0.15, -0.1) is 0 Å². The summed E-state index contributed by atoms with van der Waals surface area (Å²) in [5, 5.41) is 4.45. The Labute approximate surface area is 207 Å². The molecule has 4 heterocycles. The first-order valence-electron chi connectivity index (χ1n) is 11.8. The molecule has 35 heavy (non-hydrogen) atoms. The Morgan fingerprint density at radius 3 is 2.43 bits per heavy atom. The lowest BCUT2D eigenvalue weighted by Crippen LogP contribution is -2.48. The minimum absolute atomic E-state index is 0.0275. The molecule has 0 saturated carbocycles. The molecule has 2 aliphatic heterocycles. The minimum atomic E-state index is -0.361. The average molecular weight is 495 g/mol. The van der Waals surface area contributed by atoms with E-state index in [1.165, 1.54) is 4.68 Å². The molecule has 2 saturated heterocycles. The summed E-state index contributed by atoms with van der Waals surface area (Å²) in [5.41, 5.74) is 1.88. The molecule has 2 aromatic heterocycles. The average Bonchev–Trinajstić information content (AvgIpc) is 3.60. The van der Waals surface area contributed by atoms with E-state index in [2.05, 4.69) is 15.0 Å². The highest BCUT2D eigenvalue weighted by atomic mass is 35.5. The molecular weight excluding hydrogens is 468 g/mol. The second-order valence-electron chi connectivity index (χ2n) is 8.88. The number of para-hydroxylation sites is 1. The number of carbonyl (C=O) groups is 2. The van der Waals surface area contributed by atoms with Crippen LogP contribution < -0.4 is 10.5 Å². The van der Waals surface area contributed by atoms with Crippen molar-refractivity contribution in [3.63, 3.8) is 0 Å². The molecule has 0 bridgehead atoms. The van der Waals surface area contributed by atoms with Gasteiger partial charge in [0.1, 0.15) is 10.7 Å². The summed E-state index contributed by atoms with van der Waals surface area (Å²) >= 11 is 6.44. The van der Waals surface area contributed by atoms with Gasteiger partial charge in [0.15, 0.2) is 5.78 Å². The first-order valence-corrected chi connectivity index (χ1v) is 12.2. The summed E-state index contributed by atoms with van der Waals surface area (Å²) in [6.45, 7) is 4.34. The summed E-state index contributed by atoms with van der Waals surface area (Å²) in [6.07, 6.45) is 5.29. The molecular formula is C25H27ClN6O3. The van der Waals surface area contributed by atoms with Crippen LogP contribution in [0.3, 0.4) is 0 Å². The number of ketones is 1. The van der Waals surface area contributed by atoms with Crippen LogP contribution in [0.15, 0.2) is 53.6 Å². The van der Waals surface area contributed by atoms with Crippen molar-refractivity contribution in [2.75, 3.05) is 50.7 Å². The van der Waals surface area contributed by atoms with Crippen LogP contribution in [0.2, 0.25) is 5.02 Å². The fraction of sp³-hybridized carbons (Fsp3) is 0.360. The number of piperazine rings is 1. The largest absolute Gasteiger partial charge is 0.366 e. The van der Waals surface area contributed by atoms with E-state index < -0.39 is 0 Å². The lowest BCUT2D eigenvalue weighted by atomic mass is 10.2. The molecule has 0 spiro atoms. The third-order valence-corrected chi connectivity index (χ3v) is 6.97. The van der Waals surface area contributed by atoms with Crippen LogP contribution in [-0.4, -0.2) is 82.1 Å². The number of benzene rings is 1. The fourth-order valence-corrected chi connectivity index (χ4v) is 4.86. The smallest absolute Gasteiger partial charge is 0.292 e. The molecule has 3 aromatic rings. The predicted molar refractivity (Wildman–Crippen MR) is 134 cm³/mol. The SMILES string of the molecule is O=C(CN1CCN(c2cnn(-c3ccccc3)c(=O)c2Cl)CC1)c1c[nH]c(C(=O)N2CCCC2)c1. The number of amides is 1. The van der Waals surface area contributed by atoms with Gasteiger partial charge >= 0.3 is 0 Å². The maximum absolute atomic E-state index is 12.8. The lowest BCUT2D eigenvalue weighted by Gasteiger charge is -2.35. The van der Waals surface area contributed by atoms with Crippen LogP contribution in [0.1, 0.15) is 33.7 Å². The van der Waals surface area contributed by atoms with Crippen LogP contribution in [0.4, 0.5) is 5.69 Å². The minimum Gasteiger partial charge on any atom is -0.366 e. The van der Waals surface area contributed by atoms with Crippen LogP contribution in [0.25, 0.3) is 5.69 Å². The predicted octanol–water partition coefficient (Wildman–Crippen LogP) is 2.45. The van der Waals surface area contributed by atoms with Gasteiger partial charge in [-0.3, -0.25) is 19.3 Å². The Morgan fingerprint density at radius 2 is 1.71 bits per heavy atom.